The zero-order chi connectivity index (χ0) is 13.7. The van der Waals surface area contributed by atoms with Gasteiger partial charge in [-0.15, -0.1) is 0 Å². The lowest BCUT2D eigenvalue weighted by Crippen LogP contribution is -2.41. The summed E-state index contributed by atoms with van der Waals surface area (Å²) < 4.78 is 5.24. The van der Waals surface area contributed by atoms with Gasteiger partial charge in [0, 0.05) is 13.1 Å². The lowest BCUT2D eigenvalue weighted by atomic mass is 10.1. The standard InChI is InChI=1S/C14H19N3O2/c1-11(15)16-13-4-2-3-12(9-13)10-14(18)17-5-7-19-8-6-17/h2-4,9H,5-8,10H2,1H3,(H2,15,16). The summed E-state index contributed by atoms with van der Waals surface area (Å²) in [6.45, 7) is 4.35. The van der Waals surface area contributed by atoms with Gasteiger partial charge in [-0.3, -0.25) is 4.79 Å². The summed E-state index contributed by atoms with van der Waals surface area (Å²) in [6.07, 6.45) is 0.396. The molecule has 2 rings (SSSR count). The maximum atomic E-state index is 12.1. The lowest BCUT2D eigenvalue weighted by molar-refractivity contribution is -0.134. The molecule has 5 nitrogen and oxygen atoms in total. The molecule has 0 aromatic heterocycles. The molecular formula is C14H19N3O2. The fraction of sp³-hybridized carbons (Fsp3) is 0.429. The first kappa shape index (κ1) is 13.5. The number of hydrogen-bond acceptors (Lipinski definition) is 3. The van der Waals surface area contributed by atoms with Gasteiger partial charge in [0.1, 0.15) is 0 Å². The van der Waals surface area contributed by atoms with Crippen LogP contribution in [0, 0.1) is 0 Å². The van der Waals surface area contributed by atoms with Gasteiger partial charge >= 0.3 is 0 Å². The van der Waals surface area contributed by atoms with E-state index in [4.69, 9.17) is 10.5 Å². The molecule has 1 fully saturated rings. The van der Waals surface area contributed by atoms with Crippen molar-refractivity contribution in [1.29, 1.82) is 0 Å². The molecule has 1 amide bonds. The summed E-state index contributed by atoms with van der Waals surface area (Å²) in [5.41, 5.74) is 7.30. The van der Waals surface area contributed by atoms with Crippen molar-refractivity contribution in [2.45, 2.75) is 13.3 Å². The van der Waals surface area contributed by atoms with Crippen LogP contribution in [0.5, 0.6) is 0 Å². The van der Waals surface area contributed by atoms with Gasteiger partial charge < -0.3 is 15.4 Å². The third-order valence-electron chi connectivity index (χ3n) is 2.94. The van der Waals surface area contributed by atoms with Crippen molar-refractivity contribution in [1.82, 2.24) is 4.90 Å². The van der Waals surface area contributed by atoms with E-state index in [1.807, 2.05) is 29.2 Å². The van der Waals surface area contributed by atoms with E-state index in [9.17, 15) is 4.79 Å². The Bertz CT molecular complexity index is 475. The molecule has 0 spiro atoms. The van der Waals surface area contributed by atoms with E-state index in [-0.39, 0.29) is 5.91 Å². The number of carbonyl (C=O) groups excluding carboxylic acids is 1. The van der Waals surface area contributed by atoms with Crippen LogP contribution in [-0.4, -0.2) is 42.9 Å². The van der Waals surface area contributed by atoms with Crippen LogP contribution < -0.4 is 5.73 Å². The van der Waals surface area contributed by atoms with E-state index in [1.165, 1.54) is 0 Å². The van der Waals surface area contributed by atoms with E-state index in [2.05, 4.69) is 4.99 Å². The Labute approximate surface area is 113 Å². The number of carbonyl (C=O) groups is 1. The van der Waals surface area contributed by atoms with Crippen LogP contribution in [0.3, 0.4) is 0 Å². The zero-order valence-electron chi connectivity index (χ0n) is 11.1. The predicted molar refractivity (Wildman–Crippen MR) is 74.5 cm³/mol. The van der Waals surface area contributed by atoms with Crippen LogP contribution in [-0.2, 0) is 16.0 Å². The highest BCUT2D eigenvalue weighted by molar-refractivity contribution is 5.81. The van der Waals surface area contributed by atoms with Crippen molar-refractivity contribution in [3.05, 3.63) is 29.8 Å². The summed E-state index contributed by atoms with van der Waals surface area (Å²) in [5, 5.41) is 0. The summed E-state index contributed by atoms with van der Waals surface area (Å²) in [6, 6.07) is 7.60. The van der Waals surface area contributed by atoms with E-state index in [1.54, 1.807) is 6.92 Å². The number of amides is 1. The smallest absolute Gasteiger partial charge is 0.227 e. The summed E-state index contributed by atoms with van der Waals surface area (Å²) >= 11 is 0. The van der Waals surface area contributed by atoms with Gasteiger partial charge in [-0.2, -0.15) is 0 Å². The molecule has 102 valence electrons. The Balaban J connectivity index is 2.02. The van der Waals surface area contributed by atoms with Gasteiger partial charge in [-0.05, 0) is 24.6 Å². The van der Waals surface area contributed by atoms with Crippen molar-refractivity contribution >= 4 is 17.4 Å². The Morgan fingerprint density at radius 1 is 1.42 bits per heavy atom. The van der Waals surface area contributed by atoms with Crippen molar-refractivity contribution < 1.29 is 9.53 Å². The first-order chi connectivity index (χ1) is 9.15. The van der Waals surface area contributed by atoms with Crippen LogP contribution in [0.2, 0.25) is 0 Å². The Kier molecular flexibility index (Phi) is 4.52. The molecule has 0 radical (unpaired) electrons. The van der Waals surface area contributed by atoms with Gasteiger partial charge in [0.25, 0.3) is 0 Å². The van der Waals surface area contributed by atoms with Crippen LogP contribution in [0.15, 0.2) is 29.3 Å². The molecular weight excluding hydrogens is 242 g/mol. The second-order valence-corrected chi connectivity index (χ2v) is 4.59. The van der Waals surface area contributed by atoms with Crippen molar-refractivity contribution in [2.75, 3.05) is 26.3 Å². The highest BCUT2D eigenvalue weighted by Crippen LogP contribution is 2.15. The minimum Gasteiger partial charge on any atom is -0.387 e. The van der Waals surface area contributed by atoms with E-state index < -0.39 is 0 Å². The third kappa shape index (κ3) is 4.06. The number of ether oxygens (including phenoxy) is 1. The molecule has 1 heterocycles. The van der Waals surface area contributed by atoms with Crippen molar-refractivity contribution in [2.24, 2.45) is 10.7 Å². The monoisotopic (exact) mass is 261 g/mol. The Hall–Kier alpha value is -1.88. The van der Waals surface area contributed by atoms with E-state index >= 15 is 0 Å². The summed E-state index contributed by atoms with van der Waals surface area (Å²) in [4.78, 5) is 18.1. The number of nitrogens with zero attached hydrogens (tertiary/aromatic N) is 2. The first-order valence-corrected chi connectivity index (χ1v) is 6.40. The average molecular weight is 261 g/mol. The normalized spacial score (nSPS) is 16.5. The fourth-order valence-corrected chi connectivity index (χ4v) is 2.04. The highest BCUT2D eigenvalue weighted by atomic mass is 16.5. The van der Waals surface area contributed by atoms with Gasteiger partial charge in [0.05, 0.1) is 31.2 Å². The molecule has 1 saturated heterocycles. The molecule has 0 saturated carbocycles. The largest absolute Gasteiger partial charge is 0.387 e. The topological polar surface area (TPSA) is 67.9 Å². The maximum absolute atomic E-state index is 12.1. The fourth-order valence-electron chi connectivity index (χ4n) is 2.04. The quantitative estimate of drug-likeness (QED) is 0.654. The number of rotatable bonds is 3. The molecule has 0 unspecified atom stereocenters. The minimum absolute atomic E-state index is 0.133. The highest BCUT2D eigenvalue weighted by Gasteiger charge is 2.16. The van der Waals surface area contributed by atoms with E-state index in [0.29, 0.717) is 38.6 Å². The van der Waals surface area contributed by atoms with Crippen molar-refractivity contribution in [3.63, 3.8) is 0 Å². The average Bonchev–Trinajstić information content (AvgIpc) is 2.39. The van der Waals surface area contributed by atoms with Gasteiger partial charge in [0.15, 0.2) is 0 Å². The van der Waals surface area contributed by atoms with Gasteiger partial charge in [-0.1, -0.05) is 12.1 Å². The number of hydrogen-bond donors (Lipinski definition) is 1. The second-order valence-electron chi connectivity index (χ2n) is 4.59. The molecule has 2 N–H and O–H groups in total. The molecule has 1 aliphatic heterocycles. The van der Waals surface area contributed by atoms with Gasteiger partial charge in [-0.25, -0.2) is 4.99 Å². The molecule has 19 heavy (non-hydrogen) atoms. The third-order valence-corrected chi connectivity index (χ3v) is 2.94. The maximum Gasteiger partial charge on any atom is 0.227 e. The number of morpholine rings is 1. The molecule has 0 atom stereocenters. The van der Waals surface area contributed by atoms with Crippen LogP contribution in [0.4, 0.5) is 5.69 Å². The summed E-state index contributed by atoms with van der Waals surface area (Å²) in [5.74, 6) is 0.644. The van der Waals surface area contributed by atoms with Gasteiger partial charge in [0.2, 0.25) is 5.91 Å². The van der Waals surface area contributed by atoms with Crippen LogP contribution in [0.25, 0.3) is 0 Å². The van der Waals surface area contributed by atoms with Crippen LogP contribution >= 0.6 is 0 Å². The number of aliphatic imine (C=N–C) groups is 1. The lowest BCUT2D eigenvalue weighted by Gasteiger charge is -2.26. The minimum atomic E-state index is 0.133. The molecule has 0 aliphatic carbocycles. The molecule has 5 heteroatoms. The Morgan fingerprint density at radius 2 is 2.16 bits per heavy atom. The number of amidine groups is 1. The molecule has 1 aromatic rings. The van der Waals surface area contributed by atoms with Crippen LogP contribution in [0.1, 0.15) is 12.5 Å². The van der Waals surface area contributed by atoms with Crippen molar-refractivity contribution in [3.8, 4) is 0 Å². The Morgan fingerprint density at radius 3 is 2.84 bits per heavy atom. The molecule has 1 aromatic carbocycles. The second kappa shape index (κ2) is 6.33. The first-order valence-electron chi connectivity index (χ1n) is 6.40. The van der Waals surface area contributed by atoms with E-state index in [0.717, 1.165) is 11.3 Å². The number of benzene rings is 1. The predicted octanol–water partition coefficient (Wildman–Crippen LogP) is 1.10. The number of nitrogens with two attached hydrogens (primary N) is 1. The zero-order valence-corrected chi connectivity index (χ0v) is 11.1. The molecule has 0 bridgehead atoms. The summed E-state index contributed by atoms with van der Waals surface area (Å²) in [7, 11) is 0. The molecule has 1 aliphatic rings. The SMILES string of the molecule is CC(N)=Nc1cccc(CC(=O)N2CCOCC2)c1.